The molecule has 3 nitrogen and oxygen atoms in total. The summed E-state index contributed by atoms with van der Waals surface area (Å²) in [6, 6.07) is 10.4. The summed E-state index contributed by atoms with van der Waals surface area (Å²) in [5, 5.41) is 3.85. The van der Waals surface area contributed by atoms with Crippen LogP contribution in [0.5, 0.6) is 0 Å². The van der Waals surface area contributed by atoms with E-state index in [2.05, 4.69) is 35.4 Å². The van der Waals surface area contributed by atoms with Crippen LogP contribution in [0, 0.1) is 6.92 Å². The van der Waals surface area contributed by atoms with E-state index in [0.29, 0.717) is 11.0 Å². The van der Waals surface area contributed by atoms with Crippen LogP contribution in [0.4, 0.5) is 5.69 Å². The molecule has 0 saturated heterocycles. The third-order valence-corrected chi connectivity index (χ3v) is 6.62. The van der Waals surface area contributed by atoms with E-state index in [1.807, 2.05) is 24.5 Å². The normalized spacial score (nSPS) is 16.7. The van der Waals surface area contributed by atoms with Gasteiger partial charge in [0.05, 0.1) is 0 Å². The van der Waals surface area contributed by atoms with Crippen LogP contribution in [0.25, 0.3) is 0 Å². The van der Waals surface area contributed by atoms with Gasteiger partial charge in [0, 0.05) is 46.4 Å². The monoisotopic (exact) mass is 342 g/mol. The van der Waals surface area contributed by atoms with Crippen molar-refractivity contribution in [2.24, 2.45) is 0 Å². The molecule has 1 fully saturated rings. The van der Waals surface area contributed by atoms with E-state index in [9.17, 15) is 4.21 Å². The Morgan fingerprint density at radius 1 is 1.21 bits per heavy atom. The highest BCUT2D eigenvalue weighted by Gasteiger charge is 2.19. The lowest BCUT2D eigenvalue weighted by Gasteiger charge is -2.21. The standard InChI is InChI=1S/C20H26N2OS/c1-16-10-11-21-13-18(16)14-22-19-7-5-6-17(12-19)15-24(23)20-8-3-2-4-9-20/h5-7,10-13,20,22H,2-4,8-9,14-15H2,1H3/t24-/m1/s1. The molecule has 2 aromatic rings. The van der Waals surface area contributed by atoms with E-state index in [0.717, 1.165) is 30.6 Å². The average molecular weight is 343 g/mol. The Hall–Kier alpha value is -1.68. The maximum Gasteiger partial charge on any atom is 0.0489 e. The molecule has 128 valence electrons. The molecule has 1 aromatic heterocycles. The number of rotatable bonds is 6. The average Bonchev–Trinajstić information content (AvgIpc) is 2.62. The van der Waals surface area contributed by atoms with Crippen LogP contribution < -0.4 is 5.32 Å². The van der Waals surface area contributed by atoms with Crippen LogP contribution in [0.15, 0.2) is 42.7 Å². The smallest absolute Gasteiger partial charge is 0.0489 e. The molecule has 1 atom stereocenters. The first-order valence-corrected chi connectivity index (χ1v) is 10.2. The molecule has 1 aliphatic carbocycles. The summed E-state index contributed by atoms with van der Waals surface area (Å²) in [5.41, 5.74) is 4.68. The lowest BCUT2D eigenvalue weighted by atomic mass is 10.0. The van der Waals surface area contributed by atoms with E-state index < -0.39 is 10.8 Å². The van der Waals surface area contributed by atoms with Crippen molar-refractivity contribution < 1.29 is 4.21 Å². The van der Waals surface area contributed by atoms with E-state index in [-0.39, 0.29) is 0 Å². The second-order valence-corrected chi connectivity index (χ2v) is 8.36. The number of nitrogens with one attached hydrogen (secondary N) is 1. The Labute approximate surface area is 147 Å². The Kier molecular flexibility index (Phi) is 6.02. The summed E-state index contributed by atoms with van der Waals surface area (Å²) in [7, 11) is -0.747. The zero-order chi connectivity index (χ0) is 16.8. The van der Waals surface area contributed by atoms with Gasteiger partial charge in [0.15, 0.2) is 0 Å². The maximum atomic E-state index is 12.6. The summed E-state index contributed by atoms with van der Waals surface area (Å²) in [4.78, 5) is 4.19. The van der Waals surface area contributed by atoms with Crippen molar-refractivity contribution in [2.75, 3.05) is 5.32 Å². The third-order valence-electron chi connectivity index (χ3n) is 4.79. The zero-order valence-electron chi connectivity index (χ0n) is 14.3. The van der Waals surface area contributed by atoms with Gasteiger partial charge in [0.1, 0.15) is 0 Å². The molecule has 0 unspecified atom stereocenters. The minimum Gasteiger partial charge on any atom is -0.381 e. The third kappa shape index (κ3) is 4.67. The van der Waals surface area contributed by atoms with Crippen LogP contribution in [0.1, 0.15) is 48.8 Å². The van der Waals surface area contributed by atoms with Gasteiger partial charge in [0.2, 0.25) is 0 Å². The van der Waals surface area contributed by atoms with Crippen molar-refractivity contribution in [1.82, 2.24) is 4.98 Å². The number of pyridine rings is 1. The van der Waals surface area contributed by atoms with Crippen molar-refractivity contribution in [3.8, 4) is 0 Å². The van der Waals surface area contributed by atoms with Gasteiger partial charge >= 0.3 is 0 Å². The first-order valence-electron chi connectivity index (χ1n) is 8.82. The summed E-state index contributed by atoms with van der Waals surface area (Å²) in [5.74, 6) is 0.673. The topological polar surface area (TPSA) is 42.0 Å². The summed E-state index contributed by atoms with van der Waals surface area (Å²) in [6.07, 6.45) is 9.77. The second-order valence-electron chi connectivity index (χ2n) is 6.64. The Morgan fingerprint density at radius 3 is 2.83 bits per heavy atom. The fourth-order valence-electron chi connectivity index (χ4n) is 3.26. The quantitative estimate of drug-likeness (QED) is 0.835. The predicted molar refractivity (Wildman–Crippen MR) is 101 cm³/mol. The molecule has 3 rings (SSSR count). The molecule has 0 spiro atoms. The number of hydrogen-bond donors (Lipinski definition) is 1. The molecular weight excluding hydrogens is 316 g/mol. The first-order chi connectivity index (χ1) is 11.7. The van der Waals surface area contributed by atoms with E-state index in [1.165, 1.54) is 30.4 Å². The van der Waals surface area contributed by atoms with Gasteiger partial charge in [0.25, 0.3) is 0 Å². The molecule has 0 radical (unpaired) electrons. The van der Waals surface area contributed by atoms with E-state index in [4.69, 9.17) is 0 Å². The lowest BCUT2D eigenvalue weighted by molar-refractivity contribution is 0.504. The van der Waals surface area contributed by atoms with Crippen LogP contribution >= 0.6 is 0 Å². The van der Waals surface area contributed by atoms with Crippen molar-refractivity contribution in [3.05, 3.63) is 59.4 Å². The fraction of sp³-hybridized carbons (Fsp3) is 0.450. The SMILES string of the molecule is Cc1ccncc1CNc1cccc(C[S@@](=O)C2CCCCC2)c1. The van der Waals surface area contributed by atoms with Crippen LogP contribution in [-0.2, 0) is 23.1 Å². The Bertz CT molecular complexity index is 696. The number of aryl methyl sites for hydroxylation is 1. The number of benzene rings is 1. The number of nitrogens with zero attached hydrogens (tertiary/aromatic N) is 1. The van der Waals surface area contributed by atoms with Gasteiger partial charge in [-0.25, -0.2) is 0 Å². The van der Waals surface area contributed by atoms with Gasteiger partial charge in [-0.1, -0.05) is 31.4 Å². The highest BCUT2D eigenvalue weighted by molar-refractivity contribution is 7.84. The second kappa shape index (κ2) is 8.43. The molecule has 1 heterocycles. The highest BCUT2D eigenvalue weighted by Crippen LogP contribution is 2.24. The highest BCUT2D eigenvalue weighted by atomic mass is 32.2. The lowest BCUT2D eigenvalue weighted by Crippen LogP contribution is -2.19. The van der Waals surface area contributed by atoms with Gasteiger partial charge in [-0.2, -0.15) is 0 Å². The number of hydrogen-bond acceptors (Lipinski definition) is 3. The fourth-order valence-corrected chi connectivity index (χ4v) is 4.86. The molecule has 1 saturated carbocycles. The molecule has 0 aliphatic heterocycles. The largest absolute Gasteiger partial charge is 0.381 e. The molecule has 1 N–H and O–H groups in total. The summed E-state index contributed by atoms with van der Waals surface area (Å²) < 4.78 is 12.6. The minimum absolute atomic E-state index is 0.397. The van der Waals surface area contributed by atoms with Crippen molar-refractivity contribution in [2.45, 2.75) is 56.6 Å². The van der Waals surface area contributed by atoms with Crippen LogP contribution in [0.3, 0.4) is 0 Å². The number of aromatic nitrogens is 1. The van der Waals surface area contributed by atoms with Crippen LogP contribution in [-0.4, -0.2) is 14.4 Å². The van der Waals surface area contributed by atoms with Crippen molar-refractivity contribution in [1.29, 1.82) is 0 Å². The van der Waals surface area contributed by atoms with Crippen LogP contribution in [0.2, 0.25) is 0 Å². The number of anilines is 1. The molecule has 1 aromatic carbocycles. The summed E-state index contributed by atoms with van der Waals surface area (Å²) in [6.45, 7) is 2.86. The van der Waals surface area contributed by atoms with Gasteiger partial charge in [-0.3, -0.25) is 9.19 Å². The first kappa shape index (κ1) is 17.2. The Balaban J connectivity index is 1.59. The molecule has 24 heavy (non-hydrogen) atoms. The van der Waals surface area contributed by atoms with Crippen molar-refractivity contribution in [3.63, 3.8) is 0 Å². The predicted octanol–water partition coefficient (Wildman–Crippen LogP) is 4.58. The maximum absolute atomic E-state index is 12.6. The molecule has 0 amide bonds. The minimum atomic E-state index is -0.747. The van der Waals surface area contributed by atoms with Gasteiger partial charge in [-0.05, 0) is 54.7 Å². The summed E-state index contributed by atoms with van der Waals surface area (Å²) >= 11 is 0. The Morgan fingerprint density at radius 2 is 2.04 bits per heavy atom. The van der Waals surface area contributed by atoms with Crippen molar-refractivity contribution >= 4 is 16.5 Å². The molecule has 1 aliphatic rings. The van der Waals surface area contributed by atoms with Gasteiger partial charge < -0.3 is 5.32 Å². The zero-order valence-corrected chi connectivity index (χ0v) is 15.1. The molecule has 4 heteroatoms. The van der Waals surface area contributed by atoms with Gasteiger partial charge in [-0.15, -0.1) is 0 Å². The molecule has 0 bridgehead atoms. The van der Waals surface area contributed by atoms with E-state index >= 15 is 0 Å². The molecular formula is C20H26N2OS. The van der Waals surface area contributed by atoms with E-state index in [1.54, 1.807) is 0 Å².